The predicted molar refractivity (Wildman–Crippen MR) is 103 cm³/mol. The summed E-state index contributed by atoms with van der Waals surface area (Å²) in [5.74, 6) is 0.0376. The summed E-state index contributed by atoms with van der Waals surface area (Å²) in [6.07, 6.45) is 2.39. The number of rotatable bonds is 4. The molecule has 0 aliphatic carbocycles. The molecule has 0 aromatic heterocycles. The Labute approximate surface area is 159 Å². The highest BCUT2D eigenvalue weighted by Crippen LogP contribution is 2.11. The van der Waals surface area contributed by atoms with Gasteiger partial charge in [-0.1, -0.05) is 30.3 Å². The SMILES string of the molecule is CC(=O)N/C(=C\c1ccccc1)C(=O)N1CC[NH+]([C@H]2CCS(=O)(=O)C2)CC1. The largest absolute Gasteiger partial charge is 0.329 e. The van der Waals surface area contributed by atoms with E-state index < -0.39 is 9.84 Å². The fourth-order valence-electron chi connectivity index (χ4n) is 3.75. The highest BCUT2D eigenvalue weighted by molar-refractivity contribution is 7.91. The molecule has 0 bridgehead atoms. The van der Waals surface area contributed by atoms with Crippen LogP contribution in [0.5, 0.6) is 0 Å². The lowest BCUT2D eigenvalue weighted by molar-refractivity contribution is -0.925. The molecular formula is C19H26N3O4S+. The lowest BCUT2D eigenvalue weighted by Gasteiger charge is -2.35. The van der Waals surface area contributed by atoms with Crippen molar-refractivity contribution in [3.63, 3.8) is 0 Å². The minimum atomic E-state index is -2.89. The molecule has 2 aliphatic rings. The fourth-order valence-corrected chi connectivity index (χ4v) is 5.58. The van der Waals surface area contributed by atoms with E-state index in [-0.39, 0.29) is 35.1 Å². The van der Waals surface area contributed by atoms with Crippen molar-refractivity contribution >= 4 is 27.7 Å². The van der Waals surface area contributed by atoms with Gasteiger partial charge >= 0.3 is 0 Å². The van der Waals surface area contributed by atoms with Crippen LogP contribution in [0.4, 0.5) is 0 Å². The molecule has 1 atom stereocenters. The molecule has 2 amide bonds. The van der Waals surface area contributed by atoms with Gasteiger partial charge in [-0.2, -0.15) is 0 Å². The molecule has 146 valence electrons. The van der Waals surface area contributed by atoms with Crippen molar-refractivity contribution in [1.29, 1.82) is 0 Å². The first-order chi connectivity index (χ1) is 12.8. The summed E-state index contributed by atoms with van der Waals surface area (Å²) < 4.78 is 23.4. The first-order valence-electron chi connectivity index (χ1n) is 9.23. The first-order valence-corrected chi connectivity index (χ1v) is 11.0. The third kappa shape index (κ3) is 5.17. The Balaban J connectivity index is 1.65. The quantitative estimate of drug-likeness (QED) is 0.649. The number of piperazine rings is 1. The molecule has 0 spiro atoms. The lowest BCUT2D eigenvalue weighted by Crippen LogP contribution is -3.18. The third-order valence-electron chi connectivity index (χ3n) is 5.15. The summed E-state index contributed by atoms with van der Waals surface area (Å²) >= 11 is 0. The molecular weight excluding hydrogens is 366 g/mol. The number of amides is 2. The lowest BCUT2D eigenvalue weighted by atomic mass is 10.1. The number of nitrogens with zero attached hydrogens (tertiary/aromatic N) is 1. The molecule has 2 heterocycles. The maximum atomic E-state index is 12.9. The first kappa shape index (κ1) is 19.6. The van der Waals surface area contributed by atoms with Gasteiger partial charge in [0.25, 0.3) is 5.91 Å². The molecule has 2 saturated heterocycles. The molecule has 7 nitrogen and oxygen atoms in total. The number of carbonyl (C=O) groups is 2. The van der Waals surface area contributed by atoms with Crippen LogP contribution in [0.1, 0.15) is 18.9 Å². The number of quaternary nitrogens is 1. The minimum Gasteiger partial charge on any atom is -0.329 e. The van der Waals surface area contributed by atoms with Crippen molar-refractivity contribution in [3.8, 4) is 0 Å². The van der Waals surface area contributed by atoms with Crippen LogP contribution in [-0.4, -0.2) is 68.9 Å². The van der Waals surface area contributed by atoms with Crippen molar-refractivity contribution in [2.45, 2.75) is 19.4 Å². The van der Waals surface area contributed by atoms with Crippen molar-refractivity contribution in [2.75, 3.05) is 37.7 Å². The Hall–Kier alpha value is -2.19. The van der Waals surface area contributed by atoms with Crippen LogP contribution in [-0.2, 0) is 19.4 Å². The molecule has 0 saturated carbocycles. The predicted octanol–water partition coefficient (Wildman–Crippen LogP) is -0.922. The highest BCUT2D eigenvalue weighted by atomic mass is 32.2. The van der Waals surface area contributed by atoms with E-state index in [4.69, 9.17) is 0 Å². The second-order valence-corrected chi connectivity index (χ2v) is 9.43. The number of sulfone groups is 1. The van der Waals surface area contributed by atoms with Gasteiger partial charge in [-0.05, 0) is 11.6 Å². The van der Waals surface area contributed by atoms with Crippen LogP contribution in [0.3, 0.4) is 0 Å². The van der Waals surface area contributed by atoms with Gasteiger partial charge < -0.3 is 15.1 Å². The fraction of sp³-hybridized carbons (Fsp3) is 0.474. The standard InChI is InChI=1S/C19H25N3O4S/c1-15(23)20-18(13-16-5-3-2-4-6-16)19(24)22-10-8-21(9-11-22)17-7-12-27(25,26)14-17/h2-6,13,17H,7-12,14H2,1H3,(H,20,23)/p+1/b18-13-/t17-/m0/s1. The van der Waals surface area contributed by atoms with Crippen molar-refractivity contribution in [1.82, 2.24) is 10.2 Å². The molecule has 0 radical (unpaired) electrons. The number of carbonyl (C=O) groups excluding carboxylic acids is 2. The zero-order valence-corrected chi connectivity index (χ0v) is 16.3. The van der Waals surface area contributed by atoms with Gasteiger partial charge in [0.2, 0.25) is 5.91 Å². The molecule has 2 fully saturated rings. The summed E-state index contributed by atoms with van der Waals surface area (Å²) in [6, 6.07) is 9.53. The van der Waals surface area contributed by atoms with E-state index in [9.17, 15) is 18.0 Å². The molecule has 1 aromatic rings. The molecule has 2 aliphatic heterocycles. The summed E-state index contributed by atoms with van der Waals surface area (Å²) in [7, 11) is -2.89. The average molecular weight is 393 g/mol. The summed E-state index contributed by atoms with van der Waals surface area (Å²) in [5, 5.41) is 2.65. The van der Waals surface area contributed by atoms with Gasteiger partial charge in [0.15, 0.2) is 9.84 Å². The van der Waals surface area contributed by atoms with Crippen LogP contribution < -0.4 is 10.2 Å². The maximum Gasteiger partial charge on any atom is 0.270 e. The third-order valence-corrected chi connectivity index (χ3v) is 6.92. The van der Waals surface area contributed by atoms with E-state index in [1.54, 1.807) is 11.0 Å². The van der Waals surface area contributed by atoms with E-state index in [1.807, 2.05) is 30.3 Å². The summed E-state index contributed by atoms with van der Waals surface area (Å²) in [4.78, 5) is 27.4. The topological polar surface area (TPSA) is 88.0 Å². The molecule has 27 heavy (non-hydrogen) atoms. The molecule has 1 aromatic carbocycles. The molecule has 3 rings (SSSR count). The van der Waals surface area contributed by atoms with Gasteiger partial charge in [-0.15, -0.1) is 0 Å². The minimum absolute atomic E-state index is 0.141. The van der Waals surface area contributed by atoms with Crippen molar-refractivity contribution in [2.24, 2.45) is 0 Å². The van der Waals surface area contributed by atoms with Crippen LogP contribution >= 0.6 is 0 Å². The Kier molecular flexibility index (Phi) is 5.96. The number of nitrogens with one attached hydrogen (secondary N) is 2. The Morgan fingerprint density at radius 1 is 1.19 bits per heavy atom. The van der Waals surface area contributed by atoms with Crippen LogP contribution in [0.25, 0.3) is 6.08 Å². The Morgan fingerprint density at radius 2 is 1.85 bits per heavy atom. The van der Waals surface area contributed by atoms with Crippen LogP contribution in [0, 0.1) is 0 Å². The van der Waals surface area contributed by atoms with E-state index in [1.165, 1.54) is 11.8 Å². The van der Waals surface area contributed by atoms with Crippen molar-refractivity contribution < 1.29 is 22.9 Å². The van der Waals surface area contributed by atoms with E-state index >= 15 is 0 Å². The average Bonchev–Trinajstić information content (AvgIpc) is 3.01. The maximum absolute atomic E-state index is 12.9. The van der Waals surface area contributed by atoms with E-state index in [2.05, 4.69) is 5.32 Å². The van der Waals surface area contributed by atoms with Crippen LogP contribution in [0.15, 0.2) is 36.0 Å². The van der Waals surface area contributed by atoms with Gasteiger partial charge in [-0.25, -0.2) is 8.42 Å². The van der Waals surface area contributed by atoms with E-state index in [0.29, 0.717) is 19.5 Å². The van der Waals surface area contributed by atoms with Gasteiger partial charge in [-0.3, -0.25) is 9.59 Å². The smallest absolute Gasteiger partial charge is 0.270 e. The molecule has 0 unspecified atom stereocenters. The second-order valence-electron chi connectivity index (χ2n) is 7.20. The monoisotopic (exact) mass is 392 g/mol. The number of benzene rings is 1. The second kappa shape index (κ2) is 8.22. The number of hydrogen-bond acceptors (Lipinski definition) is 4. The Morgan fingerprint density at radius 3 is 2.41 bits per heavy atom. The van der Waals surface area contributed by atoms with Crippen LogP contribution in [0.2, 0.25) is 0 Å². The zero-order valence-electron chi connectivity index (χ0n) is 15.5. The zero-order chi connectivity index (χ0) is 19.4. The molecule has 2 N–H and O–H groups in total. The highest BCUT2D eigenvalue weighted by Gasteiger charge is 2.37. The van der Waals surface area contributed by atoms with Crippen molar-refractivity contribution in [3.05, 3.63) is 41.6 Å². The van der Waals surface area contributed by atoms with E-state index in [0.717, 1.165) is 18.7 Å². The summed E-state index contributed by atoms with van der Waals surface area (Å²) in [6.45, 7) is 3.94. The number of hydrogen-bond donors (Lipinski definition) is 2. The molecule has 8 heteroatoms. The van der Waals surface area contributed by atoms with Gasteiger partial charge in [0.05, 0.1) is 31.9 Å². The van der Waals surface area contributed by atoms with Gasteiger partial charge in [0.1, 0.15) is 17.5 Å². The normalized spacial score (nSPS) is 23.2. The van der Waals surface area contributed by atoms with Gasteiger partial charge in [0, 0.05) is 13.3 Å². The Bertz CT molecular complexity index is 828. The summed E-state index contributed by atoms with van der Waals surface area (Å²) in [5.41, 5.74) is 1.11.